The van der Waals surface area contributed by atoms with E-state index in [0.717, 1.165) is 36.4 Å². The first kappa shape index (κ1) is 12.7. The zero-order valence-corrected chi connectivity index (χ0v) is 11.4. The van der Waals surface area contributed by atoms with Crippen molar-refractivity contribution in [3.8, 4) is 5.75 Å². The van der Waals surface area contributed by atoms with Crippen LogP contribution < -0.4 is 9.64 Å². The van der Waals surface area contributed by atoms with Crippen LogP contribution in [0.3, 0.4) is 0 Å². The molecule has 3 rings (SSSR count). The number of methoxy groups -OCH3 is 1. The van der Waals surface area contributed by atoms with E-state index in [1.807, 2.05) is 23.1 Å². The lowest BCUT2D eigenvalue weighted by atomic mass is 10.0. The van der Waals surface area contributed by atoms with Crippen molar-refractivity contribution in [3.05, 3.63) is 53.9 Å². The predicted octanol–water partition coefficient (Wildman–Crippen LogP) is 2.68. The first-order valence-corrected chi connectivity index (χ1v) is 6.68. The Morgan fingerprint density at radius 3 is 2.80 bits per heavy atom. The van der Waals surface area contributed by atoms with Gasteiger partial charge >= 0.3 is 0 Å². The summed E-state index contributed by atoms with van der Waals surface area (Å²) in [4.78, 5) is 18.4. The standard InChI is InChI=1S/C16H16N2O2/c1-20-14-4-5-15-13(11-14)3-2-10-18(15)16(19)12-6-8-17-9-7-12/h4-9,11H,2-3,10H2,1H3. The average Bonchev–Trinajstić information content (AvgIpc) is 2.54. The van der Waals surface area contributed by atoms with Crippen LogP contribution in [0.25, 0.3) is 0 Å². The van der Waals surface area contributed by atoms with Crippen LogP contribution in [0.5, 0.6) is 5.75 Å². The minimum absolute atomic E-state index is 0.0264. The Morgan fingerprint density at radius 2 is 2.05 bits per heavy atom. The maximum absolute atomic E-state index is 12.6. The van der Waals surface area contributed by atoms with Crippen molar-refractivity contribution in [3.63, 3.8) is 0 Å². The Balaban J connectivity index is 1.96. The highest BCUT2D eigenvalue weighted by Crippen LogP contribution is 2.31. The lowest BCUT2D eigenvalue weighted by molar-refractivity contribution is 0.0985. The Labute approximate surface area is 118 Å². The lowest BCUT2D eigenvalue weighted by Gasteiger charge is -2.29. The fourth-order valence-corrected chi connectivity index (χ4v) is 2.56. The van der Waals surface area contributed by atoms with Gasteiger partial charge < -0.3 is 9.64 Å². The van der Waals surface area contributed by atoms with Crippen LogP contribution in [0.2, 0.25) is 0 Å². The maximum Gasteiger partial charge on any atom is 0.258 e. The molecule has 0 unspecified atom stereocenters. The number of hydrogen-bond acceptors (Lipinski definition) is 3. The molecule has 4 nitrogen and oxygen atoms in total. The molecule has 102 valence electrons. The summed E-state index contributed by atoms with van der Waals surface area (Å²) in [7, 11) is 1.66. The van der Waals surface area contributed by atoms with Crippen molar-refractivity contribution >= 4 is 11.6 Å². The van der Waals surface area contributed by atoms with Crippen molar-refractivity contribution in [2.45, 2.75) is 12.8 Å². The maximum atomic E-state index is 12.6. The fourth-order valence-electron chi connectivity index (χ4n) is 2.56. The molecule has 1 aromatic carbocycles. The van der Waals surface area contributed by atoms with Gasteiger partial charge in [-0.05, 0) is 48.7 Å². The summed E-state index contributed by atoms with van der Waals surface area (Å²) >= 11 is 0. The third kappa shape index (κ3) is 2.25. The molecule has 1 aliphatic rings. The van der Waals surface area contributed by atoms with Crippen LogP contribution in [0.4, 0.5) is 5.69 Å². The van der Waals surface area contributed by atoms with Crippen molar-refractivity contribution in [2.75, 3.05) is 18.6 Å². The summed E-state index contributed by atoms with van der Waals surface area (Å²) in [6.45, 7) is 0.750. The van der Waals surface area contributed by atoms with Gasteiger partial charge in [-0.3, -0.25) is 9.78 Å². The zero-order valence-electron chi connectivity index (χ0n) is 11.4. The molecule has 1 aliphatic heterocycles. The van der Waals surface area contributed by atoms with Crippen molar-refractivity contribution < 1.29 is 9.53 Å². The number of carbonyl (C=O) groups excluding carboxylic acids is 1. The van der Waals surface area contributed by atoms with Gasteiger partial charge in [0.1, 0.15) is 5.75 Å². The number of amides is 1. The topological polar surface area (TPSA) is 42.4 Å². The first-order chi connectivity index (χ1) is 9.79. The van der Waals surface area contributed by atoms with Gasteiger partial charge in [-0.1, -0.05) is 0 Å². The average molecular weight is 268 g/mol. The number of aromatic nitrogens is 1. The minimum atomic E-state index is 0.0264. The number of anilines is 1. The Morgan fingerprint density at radius 1 is 1.25 bits per heavy atom. The van der Waals surface area contributed by atoms with Crippen LogP contribution in [-0.4, -0.2) is 24.5 Å². The van der Waals surface area contributed by atoms with E-state index in [0.29, 0.717) is 5.56 Å². The Bertz CT molecular complexity index is 626. The smallest absolute Gasteiger partial charge is 0.258 e. The molecule has 0 atom stereocenters. The Hall–Kier alpha value is -2.36. The predicted molar refractivity (Wildman–Crippen MR) is 77.2 cm³/mol. The van der Waals surface area contributed by atoms with Crippen LogP contribution in [0.15, 0.2) is 42.7 Å². The number of fused-ring (bicyclic) bond motifs is 1. The molecule has 0 radical (unpaired) electrons. The van der Waals surface area contributed by atoms with Crippen molar-refractivity contribution in [1.29, 1.82) is 0 Å². The van der Waals surface area contributed by atoms with Gasteiger partial charge in [-0.15, -0.1) is 0 Å². The monoisotopic (exact) mass is 268 g/mol. The molecule has 0 saturated heterocycles. The molecule has 4 heteroatoms. The quantitative estimate of drug-likeness (QED) is 0.841. The molecule has 0 spiro atoms. The molecule has 1 amide bonds. The van der Waals surface area contributed by atoms with Gasteiger partial charge in [0.05, 0.1) is 7.11 Å². The molecule has 1 aromatic heterocycles. The van der Waals surface area contributed by atoms with Crippen LogP contribution in [0.1, 0.15) is 22.3 Å². The molecule has 0 aliphatic carbocycles. The van der Waals surface area contributed by atoms with Crippen molar-refractivity contribution in [2.24, 2.45) is 0 Å². The van der Waals surface area contributed by atoms with Gasteiger partial charge in [0.2, 0.25) is 0 Å². The summed E-state index contributed by atoms with van der Waals surface area (Å²) in [5.41, 5.74) is 2.82. The molecule has 0 N–H and O–H groups in total. The molecule has 2 heterocycles. The SMILES string of the molecule is COc1ccc2c(c1)CCCN2C(=O)c1ccncc1. The molecule has 2 aromatic rings. The van der Waals surface area contributed by atoms with E-state index in [4.69, 9.17) is 4.74 Å². The highest BCUT2D eigenvalue weighted by molar-refractivity contribution is 6.06. The molecule has 20 heavy (non-hydrogen) atoms. The van der Waals surface area contributed by atoms with Crippen LogP contribution in [-0.2, 0) is 6.42 Å². The zero-order chi connectivity index (χ0) is 13.9. The summed E-state index contributed by atoms with van der Waals surface area (Å²) in [5.74, 6) is 0.862. The van der Waals surface area contributed by atoms with Crippen molar-refractivity contribution in [1.82, 2.24) is 4.98 Å². The van der Waals surface area contributed by atoms with E-state index in [1.54, 1.807) is 31.6 Å². The van der Waals surface area contributed by atoms with Gasteiger partial charge in [0, 0.05) is 30.2 Å². The van der Waals surface area contributed by atoms with Gasteiger partial charge in [0.15, 0.2) is 0 Å². The number of benzene rings is 1. The van der Waals surface area contributed by atoms with Crippen LogP contribution >= 0.6 is 0 Å². The number of hydrogen-bond donors (Lipinski definition) is 0. The first-order valence-electron chi connectivity index (χ1n) is 6.68. The van der Waals surface area contributed by atoms with E-state index in [9.17, 15) is 4.79 Å². The number of ether oxygens (including phenoxy) is 1. The normalized spacial score (nSPS) is 13.8. The van der Waals surface area contributed by atoms with Crippen LogP contribution in [0, 0.1) is 0 Å². The third-order valence-corrected chi connectivity index (χ3v) is 3.58. The lowest BCUT2D eigenvalue weighted by Crippen LogP contribution is -2.35. The minimum Gasteiger partial charge on any atom is -0.497 e. The van der Waals surface area contributed by atoms with Gasteiger partial charge in [-0.2, -0.15) is 0 Å². The number of rotatable bonds is 2. The third-order valence-electron chi connectivity index (χ3n) is 3.58. The number of nitrogens with zero attached hydrogens (tertiary/aromatic N) is 2. The van der Waals surface area contributed by atoms with E-state index in [1.165, 1.54) is 0 Å². The largest absolute Gasteiger partial charge is 0.497 e. The molecule has 0 fully saturated rings. The summed E-state index contributed by atoms with van der Waals surface area (Å²) < 4.78 is 5.25. The Kier molecular flexibility index (Phi) is 3.37. The van der Waals surface area contributed by atoms with Gasteiger partial charge in [0.25, 0.3) is 5.91 Å². The molecule has 0 bridgehead atoms. The molecule has 0 saturated carbocycles. The number of pyridine rings is 1. The summed E-state index contributed by atoms with van der Waals surface area (Å²) in [6, 6.07) is 9.38. The van der Waals surface area contributed by atoms with E-state index in [-0.39, 0.29) is 5.91 Å². The van der Waals surface area contributed by atoms with E-state index >= 15 is 0 Å². The number of carbonyl (C=O) groups is 1. The van der Waals surface area contributed by atoms with Gasteiger partial charge in [-0.25, -0.2) is 0 Å². The second-order valence-electron chi connectivity index (χ2n) is 4.79. The fraction of sp³-hybridized carbons (Fsp3) is 0.250. The summed E-state index contributed by atoms with van der Waals surface area (Å²) in [6.07, 6.45) is 5.24. The van der Waals surface area contributed by atoms with E-state index in [2.05, 4.69) is 4.98 Å². The highest BCUT2D eigenvalue weighted by atomic mass is 16.5. The number of aryl methyl sites for hydroxylation is 1. The second-order valence-corrected chi connectivity index (χ2v) is 4.79. The molecular weight excluding hydrogens is 252 g/mol. The summed E-state index contributed by atoms with van der Waals surface area (Å²) in [5, 5.41) is 0. The molecular formula is C16H16N2O2. The van der Waals surface area contributed by atoms with E-state index < -0.39 is 0 Å². The highest BCUT2D eigenvalue weighted by Gasteiger charge is 2.23. The second kappa shape index (κ2) is 5.33.